The van der Waals surface area contributed by atoms with Crippen molar-refractivity contribution in [1.82, 2.24) is 0 Å². The zero-order valence-electron chi connectivity index (χ0n) is 13.4. The molecule has 0 saturated heterocycles. The molecule has 8 heteroatoms. The molecule has 0 fully saturated rings. The lowest BCUT2D eigenvalue weighted by Gasteiger charge is -2.12. The number of para-hydroxylation sites is 1. The van der Waals surface area contributed by atoms with E-state index in [2.05, 4.69) is 4.72 Å². The molecule has 0 bridgehead atoms. The van der Waals surface area contributed by atoms with Crippen molar-refractivity contribution < 1.29 is 13.3 Å². The highest BCUT2D eigenvalue weighted by atomic mass is 32.2. The van der Waals surface area contributed by atoms with Gasteiger partial charge in [0.15, 0.2) is 0 Å². The van der Waals surface area contributed by atoms with Gasteiger partial charge >= 0.3 is 0 Å². The lowest BCUT2D eigenvalue weighted by molar-refractivity contribution is -0.384. The minimum Gasteiger partial charge on any atom is -0.278 e. The molecule has 6 nitrogen and oxygen atoms in total. The summed E-state index contributed by atoms with van der Waals surface area (Å²) in [5.41, 5.74) is 0.281. The Balaban J connectivity index is 1.87. The van der Waals surface area contributed by atoms with Crippen molar-refractivity contribution in [2.45, 2.75) is 14.7 Å². The van der Waals surface area contributed by atoms with Crippen LogP contribution in [-0.4, -0.2) is 13.3 Å². The van der Waals surface area contributed by atoms with Gasteiger partial charge in [0.1, 0.15) is 0 Å². The molecule has 3 aromatic rings. The largest absolute Gasteiger partial charge is 0.278 e. The Morgan fingerprint density at radius 1 is 0.846 bits per heavy atom. The maximum Gasteiger partial charge on any atom is 0.269 e. The van der Waals surface area contributed by atoms with Gasteiger partial charge in [0, 0.05) is 21.9 Å². The third-order valence-corrected chi connectivity index (χ3v) is 5.93. The van der Waals surface area contributed by atoms with E-state index >= 15 is 0 Å². The maximum atomic E-state index is 12.6. The van der Waals surface area contributed by atoms with E-state index in [0.29, 0.717) is 5.69 Å². The van der Waals surface area contributed by atoms with Crippen LogP contribution in [-0.2, 0) is 10.0 Å². The van der Waals surface area contributed by atoms with Crippen molar-refractivity contribution in [2.24, 2.45) is 0 Å². The highest BCUT2D eigenvalue weighted by Crippen LogP contribution is 2.34. The Hall–Kier alpha value is -2.84. The van der Waals surface area contributed by atoms with E-state index in [1.807, 2.05) is 42.5 Å². The molecular weight excluding hydrogens is 372 g/mol. The molecular formula is C18H14N2O4S2. The van der Waals surface area contributed by atoms with Crippen LogP contribution < -0.4 is 4.72 Å². The number of hydrogen-bond acceptors (Lipinski definition) is 5. The van der Waals surface area contributed by atoms with Crippen LogP contribution in [0.15, 0.2) is 93.5 Å². The van der Waals surface area contributed by atoms with Crippen LogP contribution in [0.2, 0.25) is 0 Å². The topological polar surface area (TPSA) is 89.3 Å². The molecule has 0 amide bonds. The quantitative estimate of drug-likeness (QED) is 0.496. The first-order chi connectivity index (χ1) is 12.5. The summed E-state index contributed by atoms with van der Waals surface area (Å²) in [7, 11) is -3.86. The van der Waals surface area contributed by atoms with Crippen molar-refractivity contribution in [1.29, 1.82) is 0 Å². The number of nitrogens with zero attached hydrogens (tertiary/aromatic N) is 1. The van der Waals surface area contributed by atoms with Crippen LogP contribution in [0.4, 0.5) is 11.4 Å². The molecule has 1 N–H and O–H groups in total. The van der Waals surface area contributed by atoms with Crippen LogP contribution in [0.1, 0.15) is 0 Å². The molecule has 0 atom stereocenters. The third kappa shape index (κ3) is 4.22. The summed E-state index contributed by atoms with van der Waals surface area (Å²) in [5, 5.41) is 10.7. The number of anilines is 1. The molecule has 0 unspecified atom stereocenters. The van der Waals surface area contributed by atoms with E-state index < -0.39 is 14.9 Å². The van der Waals surface area contributed by atoms with Crippen molar-refractivity contribution in [3.05, 3.63) is 89.0 Å². The Kier molecular flexibility index (Phi) is 5.24. The van der Waals surface area contributed by atoms with Gasteiger partial charge in [0.25, 0.3) is 15.7 Å². The highest BCUT2D eigenvalue weighted by Gasteiger charge is 2.17. The monoisotopic (exact) mass is 386 g/mol. The predicted molar refractivity (Wildman–Crippen MR) is 101 cm³/mol. The smallest absolute Gasteiger partial charge is 0.269 e. The SMILES string of the molecule is O=[N+]([O-])c1ccc(S(=O)(=O)Nc2ccccc2Sc2ccccc2)cc1. The number of nitro groups is 1. The zero-order valence-corrected chi connectivity index (χ0v) is 15.0. The van der Waals surface area contributed by atoms with E-state index in [1.54, 1.807) is 12.1 Å². The van der Waals surface area contributed by atoms with Crippen molar-refractivity contribution >= 4 is 33.2 Å². The van der Waals surface area contributed by atoms with Gasteiger partial charge in [-0.3, -0.25) is 14.8 Å². The Bertz CT molecular complexity index is 1020. The summed E-state index contributed by atoms with van der Waals surface area (Å²) in [6, 6.07) is 21.4. The van der Waals surface area contributed by atoms with Crippen LogP contribution in [0.3, 0.4) is 0 Å². The summed E-state index contributed by atoms with van der Waals surface area (Å²) in [5.74, 6) is 0. The molecule has 3 aromatic carbocycles. The summed E-state index contributed by atoms with van der Waals surface area (Å²) < 4.78 is 27.7. The second-order valence-corrected chi connectivity index (χ2v) is 8.07. The van der Waals surface area contributed by atoms with Gasteiger partial charge in [0.05, 0.1) is 15.5 Å². The molecule has 0 heterocycles. The second kappa shape index (κ2) is 7.59. The first-order valence-corrected chi connectivity index (χ1v) is 9.85. The molecule has 0 radical (unpaired) electrons. The number of benzene rings is 3. The molecule has 0 aliphatic rings. The van der Waals surface area contributed by atoms with Crippen LogP contribution >= 0.6 is 11.8 Å². The van der Waals surface area contributed by atoms with Gasteiger partial charge in [-0.1, -0.05) is 42.1 Å². The number of hydrogen-bond donors (Lipinski definition) is 1. The molecule has 0 spiro atoms. The van der Waals surface area contributed by atoms with Crippen molar-refractivity contribution in [2.75, 3.05) is 4.72 Å². The fourth-order valence-corrected chi connectivity index (χ4v) is 4.27. The molecule has 0 aromatic heterocycles. The zero-order chi connectivity index (χ0) is 18.6. The average Bonchev–Trinajstić information content (AvgIpc) is 2.64. The van der Waals surface area contributed by atoms with E-state index in [4.69, 9.17) is 0 Å². The Labute approximate surface area is 155 Å². The maximum absolute atomic E-state index is 12.6. The fourth-order valence-electron chi connectivity index (χ4n) is 2.21. The molecule has 26 heavy (non-hydrogen) atoms. The Morgan fingerprint density at radius 3 is 2.12 bits per heavy atom. The van der Waals surface area contributed by atoms with E-state index in [9.17, 15) is 18.5 Å². The van der Waals surface area contributed by atoms with Crippen molar-refractivity contribution in [3.8, 4) is 0 Å². The van der Waals surface area contributed by atoms with E-state index in [-0.39, 0.29) is 10.6 Å². The van der Waals surface area contributed by atoms with Crippen LogP contribution in [0.25, 0.3) is 0 Å². The summed E-state index contributed by atoms with van der Waals surface area (Å²) in [4.78, 5) is 11.8. The van der Waals surface area contributed by atoms with Gasteiger partial charge in [-0.05, 0) is 36.4 Å². The lowest BCUT2D eigenvalue weighted by Crippen LogP contribution is -2.13. The predicted octanol–water partition coefficient (Wildman–Crippen LogP) is 4.55. The number of nitrogens with one attached hydrogen (secondary N) is 1. The van der Waals surface area contributed by atoms with Gasteiger partial charge in [-0.15, -0.1) is 0 Å². The Morgan fingerprint density at radius 2 is 1.46 bits per heavy atom. The number of non-ortho nitro benzene ring substituents is 1. The van der Waals surface area contributed by atoms with Gasteiger partial charge in [-0.2, -0.15) is 0 Å². The van der Waals surface area contributed by atoms with Crippen LogP contribution in [0.5, 0.6) is 0 Å². The first-order valence-electron chi connectivity index (χ1n) is 7.55. The molecule has 0 saturated carbocycles. The van der Waals surface area contributed by atoms with E-state index in [1.165, 1.54) is 36.0 Å². The summed E-state index contributed by atoms with van der Waals surface area (Å²) in [6.07, 6.45) is 0. The van der Waals surface area contributed by atoms with Crippen molar-refractivity contribution in [3.63, 3.8) is 0 Å². The average molecular weight is 386 g/mol. The van der Waals surface area contributed by atoms with Gasteiger partial charge in [0.2, 0.25) is 0 Å². The summed E-state index contributed by atoms with van der Waals surface area (Å²) >= 11 is 1.44. The lowest BCUT2D eigenvalue weighted by atomic mass is 10.3. The molecule has 3 rings (SSSR count). The molecule has 0 aliphatic heterocycles. The normalized spacial score (nSPS) is 11.1. The number of nitro benzene ring substituents is 1. The molecule has 132 valence electrons. The molecule has 0 aliphatic carbocycles. The van der Waals surface area contributed by atoms with Crippen LogP contribution in [0, 0.1) is 10.1 Å². The number of sulfonamides is 1. The minimum atomic E-state index is -3.86. The summed E-state index contributed by atoms with van der Waals surface area (Å²) in [6.45, 7) is 0. The standard InChI is InChI=1S/C18H14N2O4S2/c21-20(22)14-10-12-16(13-11-14)26(23,24)19-17-8-4-5-9-18(17)25-15-6-2-1-3-7-15/h1-13,19H. The fraction of sp³-hybridized carbons (Fsp3) is 0. The number of rotatable bonds is 6. The third-order valence-electron chi connectivity index (χ3n) is 3.46. The van der Waals surface area contributed by atoms with E-state index in [0.717, 1.165) is 9.79 Å². The van der Waals surface area contributed by atoms with Gasteiger partial charge in [-0.25, -0.2) is 8.42 Å². The first kappa shape index (κ1) is 18.0. The highest BCUT2D eigenvalue weighted by molar-refractivity contribution is 7.99. The van der Waals surface area contributed by atoms with Gasteiger partial charge < -0.3 is 0 Å². The minimum absolute atomic E-state index is 0.0392. The second-order valence-electron chi connectivity index (χ2n) is 5.27.